The average molecular weight is 383 g/mol. The van der Waals surface area contributed by atoms with Gasteiger partial charge in [0.05, 0.1) is 30.5 Å². The minimum absolute atomic E-state index is 0.0643. The molecule has 1 saturated heterocycles. The number of benzene rings is 2. The molecular weight excluding hydrogens is 356 g/mol. The highest BCUT2D eigenvalue weighted by molar-refractivity contribution is 7.99. The predicted molar refractivity (Wildman–Crippen MR) is 110 cm³/mol. The molecule has 2 aromatic carbocycles. The number of ether oxygens (including phenoxy) is 1. The van der Waals surface area contributed by atoms with Crippen molar-refractivity contribution >= 4 is 23.4 Å². The number of rotatable bonds is 3. The number of hydrogen-bond acceptors (Lipinski definition) is 4. The van der Waals surface area contributed by atoms with Gasteiger partial charge in [-0.25, -0.2) is 0 Å². The molecule has 0 bridgehead atoms. The van der Waals surface area contributed by atoms with Crippen molar-refractivity contribution in [1.82, 2.24) is 4.90 Å². The molecule has 4 nitrogen and oxygen atoms in total. The Bertz CT molecular complexity index is 788. The van der Waals surface area contributed by atoms with E-state index in [1.54, 1.807) is 0 Å². The first-order valence-electron chi connectivity index (χ1n) is 9.58. The van der Waals surface area contributed by atoms with Crippen LogP contribution in [0.2, 0.25) is 0 Å². The maximum Gasteiger partial charge on any atom is 0.241 e. The predicted octanol–water partition coefficient (Wildman–Crippen LogP) is 3.98. The Morgan fingerprint density at radius 1 is 1.04 bits per heavy atom. The summed E-state index contributed by atoms with van der Waals surface area (Å²) in [6.45, 7) is 6.19. The number of fused-ring (bicyclic) bond motifs is 1. The van der Waals surface area contributed by atoms with Crippen LogP contribution in [-0.4, -0.2) is 48.4 Å². The largest absolute Gasteiger partial charge is 0.373 e. The SMILES string of the molecule is C[C@@H]1CN(CC(=O)N2c3ccccc3SC[C@@H]2c2ccccc2)C[C@@H](C)O1. The molecule has 3 atom stereocenters. The van der Waals surface area contributed by atoms with Gasteiger partial charge in [-0.2, -0.15) is 0 Å². The molecule has 1 fully saturated rings. The molecule has 0 aromatic heterocycles. The molecule has 0 spiro atoms. The van der Waals surface area contributed by atoms with E-state index < -0.39 is 0 Å². The molecule has 0 aliphatic carbocycles. The van der Waals surface area contributed by atoms with Crippen LogP contribution in [0.5, 0.6) is 0 Å². The van der Waals surface area contributed by atoms with Gasteiger partial charge in [-0.15, -0.1) is 11.8 Å². The lowest BCUT2D eigenvalue weighted by atomic mass is 10.0. The Labute approximate surface area is 165 Å². The highest BCUT2D eigenvalue weighted by atomic mass is 32.2. The number of carbonyl (C=O) groups is 1. The van der Waals surface area contributed by atoms with Gasteiger partial charge in [0, 0.05) is 23.7 Å². The second kappa shape index (κ2) is 8.05. The van der Waals surface area contributed by atoms with Crippen LogP contribution in [0.3, 0.4) is 0 Å². The Hall–Kier alpha value is -1.82. The maximum atomic E-state index is 13.5. The zero-order valence-corrected chi connectivity index (χ0v) is 16.7. The number of thioether (sulfide) groups is 1. The third-order valence-corrected chi connectivity index (χ3v) is 6.28. The van der Waals surface area contributed by atoms with Crippen LogP contribution in [0.4, 0.5) is 5.69 Å². The monoisotopic (exact) mass is 382 g/mol. The Kier molecular flexibility index (Phi) is 5.53. The van der Waals surface area contributed by atoms with E-state index in [1.165, 1.54) is 10.5 Å². The zero-order valence-electron chi connectivity index (χ0n) is 15.9. The Balaban J connectivity index is 1.62. The molecule has 1 amide bonds. The summed E-state index contributed by atoms with van der Waals surface area (Å²) < 4.78 is 5.82. The third-order valence-electron chi connectivity index (χ3n) is 5.14. The quantitative estimate of drug-likeness (QED) is 0.804. The summed E-state index contributed by atoms with van der Waals surface area (Å²) in [7, 11) is 0. The minimum atomic E-state index is 0.0643. The first-order valence-corrected chi connectivity index (χ1v) is 10.6. The van der Waals surface area contributed by atoms with Crippen molar-refractivity contribution in [3.63, 3.8) is 0 Å². The fraction of sp³-hybridized carbons (Fsp3) is 0.409. The summed E-state index contributed by atoms with van der Waals surface area (Å²) >= 11 is 1.83. The van der Waals surface area contributed by atoms with Gasteiger partial charge >= 0.3 is 0 Å². The molecule has 5 heteroatoms. The number of hydrogen-bond donors (Lipinski definition) is 0. The molecule has 0 N–H and O–H groups in total. The highest BCUT2D eigenvalue weighted by Gasteiger charge is 2.34. The molecule has 27 heavy (non-hydrogen) atoms. The van der Waals surface area contributed by atoms with E-state index in [9.17, 15) is 4.79 Å². The van der Waals surface area contributed by atoms with Crippen LogP contribution >= 0.6 is 11.8 Å². The van der Waals surface area contributed by atoms with Crippen molar-refractivity contribution in [2.75, 3.05) is 30.3 Å². The molecule has 0 unspecified atom stereocenters. The van der Waals surface area contributed by atoms with Crippen LogP contribution in [0.1, 0.15) is 25.5 Å². The highest BCUT2D eigenvalue weighted by Crippen LogP contribution is 2.43. The van der Waals surface area contributed by atoms with Crippen LogP contribution in [0.15, 0.2) is 59.5 Å². The fourth-order valence-corrected chi connectivity index (χ4v) is 5.27. The summed E-state index contributed by atoms with van der Waals surface area (Å²) in [6.07, 6.45) is 0.325. The van der Waals surface area contributed by atoms with Crippen molar-refractivity contribution in [3.05, 3.63) is 60.2 Å². The lowest BCUT2D eigenvalue weighted by molar-refractivity contribution is -0.124. The Morgan fingerprint density at radius 3 is 2.44 bits per heavy atom. The number of carbonyl (C=O) groups excluding carboxylic acids is 1. The molecule has 2 heterocycles. The van der Waals surface area contributed by atoms with Crippen LogP contribution in [0, 0.1) is 0 Å². The van der Waals surface area contributed by atoms with E-state index in [0.717, 1.165) is 24.5 Å². The summed E-state index contributed by atoms with van der Waals surface area (Å²) in [5, 5.41) is 0. The topological polar surface area (TPSA) is 32.8 Å². The van der Waals surface area contributed by atoms with Gasteiger partial charge in [-0.3, -0.25) is 9.69 Å². The summed E-state index contributed by atoms with van der Waals surface area (Å²) in [5.41, 5.74) is 2.22. The number of nitrogens with zero attached hydrogens (tertiary/aromatic N) is 2. The van der Waals surface area contributed by atoms with Crippen molar-refractivity contribution in [3.8, 4) is 0 Å². The van der Waals surface area contributed by atoms with Gasteiger partial charge in [0.15, 0.2) is 0 Å². The summed E-state index contributed by atoms with van der Waals surface area (Å²) in [5.74, 6) is 1.04. The Morgan fingerprint density at radius 2 is 1.70 bits per heavy atom. The number of para-hydroxylation sites is 1. The molecule has 0 radical (unpaired) electrons. The van der Waals surface area contributed by atoms with Crippen LogP contribution < -0.4 is 4.90 Å². The van der Waals surface area contributed by atoms with Crippen molar-refractivity contribution in [2.24, 2.45) is 0 Å². The zero-order chi connectivity index (χ0) is 18.8. The van der Waals surface area contributed by atoms with E-state index in [0.29, 0.717) is 6.54 Å². The van der Waals surface area contributed by atoms with E-state index in [-0.39, 0.29) is 24.2 Å². The van der Waals surface area contributed by atoms with Gasteiger partial charge in [-0.1, -0.05) is 42.5 Å². The second-order valence-electron chi connectivity index (χ2n) is 7.42. The van der Waals surface area contributed by atoms with Crippen LogP contribution in [0.25, 0.3) is 0 Å². The number of amides is 1. The normalized spacial score (nSPS) is 25.9. The molecule has 2 aromatic rings. The van der Waals surface area contributed by atoms with E-state index >= 15 is 0 Å². The molecular formula is C22H26N2O2S. The standard InChI is InChI=1S/C22H26N2O2S/c1-16-12-23(13-17(2)26-16)14-22(25)24-19-10-6-7-11-21(19)27-15-20(24)18-8-4-3-5-9-18/h3-11,16-17,20H,12-15H2,1-2H3/t16-,17-,20-/m1/s1. The first-order chi connectivity index (χ1) is 13.1. The lowest BCUT2D eigenvalue weighted by Gasteiger charge is -2.40. The van der Waals surface area contributed by atoms with Gasteiger partial charge in [0.25, 0.3) is 0 Å². The van der Waals surface area contributed by atoms with Gasteiger partial charge in [0.2, 0.25) is 5.91 Å². The first kappa shape index (κ1) is 18.5. The number of morpholine rings is 1. The lowest BCUT2D eigenvalue weighted by Crippen LogP contribution is -2.51. The molecule has 4 rings (SSSR count). The van der Waals surface area contributed by atoms with Crippen LogP contribution in [-0.2, 0) is 9.53 Å². The second-order valence-corrected chi connectivity index (χ2v) is 8.48. The average Bonchev–Trinajstić information content (AvgIpc) is 2.67. The van der Waals surface area contributed by atoms with E-state index in [4.69, 9.17) is 4.74 Å². The van der Waals surface area contributed by atoms with E-state index in [2.05, 4.69) is 55.1 Å². The van der Waals surface area contributed by atoms with Crippen molar-refractivity contribution < 1.29 is 9.53 Å². The number of anilines is 1. The molecule has 2 aliphatic rings. The van der Waals surface area contributed by atoms with Gasteiger partial charge < -0.3 is 9.64 Å². The van der Waals surface area contributed by atoms with Crippen molar-refractivity contribution in [2.45, 2.75) is 37.0 Å². The minimum Gasteiger partial charge on any atom is -0.373 e. The summed E-state index contributed by atoms with van der Waals surface area (Å²) in [4.78, 5) is 18.9. The summed E-state index contributed by atoms with van der Waals surface area (Å²) in [6, 6.07) is 18.7. The van der Waals surface area contributed by atoms with Gasteiger partial charge in [0.1, 0.15) is 0 Å². The molecule has 2 aliphatic heterocycles. The smallest absolute Gasteiger partial charge is 0.241 e. The molecule has 142 valence electrons. The van der Waals surface area contributed by atoms with Crippen molar-refractivity contribution in [1.29, 1.82) is 0 Å². The van der Waals surface area contributed by atoms with E-state index in [1.807, 2.05) is 34.9 Å². The maximum absolute atomic E-state index is 13.5. The fourth-order valence-electron chi connectivity index (χ4n) is 4.10. The van der Waals surface area contributed by atoms with Gasteiger partial charge in [-0.05, 0) is 31.5 Å². The molecule has 0 saturated carbocycles. The third kappa shape index (κ3) is 4.05.